The van der Waals surface area contributed by atoms with Crippen molar-refractivity contribution in [3.63, 3.8) is 0 Å². The van der Waals surface area contributed by atoms with E-state index in [1.165, 1.54) is 19.2 Å². The Morgan fingerprint density at radius 2 is 1.95 bits per heavy atom. The summed E-state index contributed by atoms with van der Waals surface area (Å²) in [7, 11) is 1.51. The second kappa shape index (κ2) is 6.08. The third-order valence-corrected chi connectivity index (χ3v) is 2.90. The zero-order chi connectivity index (χ0) is 14.5. The number of anilines is 1. The van der Waals surface area contributed by atoms with E-state index in [0.717, 1.165) is 0 Å². The summed E-state index contributed by atoms with van der Waals surface area (Å²) in [5, 5.41) is 12.3. The second-order valence-electron chi connectivity index (χ2n) is 4.26. The van der Waals surface area contributed by atoms with E-state index in [2.05, 4.69) is 5.32 Å². The molecule has 0 heterocycles. The fraction of sp³-hybridized carbons (Fsp3) is 0.133. The predicted molar refractivity (Wildman–Crippen MR) is 76.7 cm³/mol. The van der Waals surface area contributed by atoms with Gasteiger partial charge in [-0.15, -0.1) is 0 Å². The van der Waals surface area contributed by atoms with Gasteiger partial charge in [-0.1, -0.05) is 30.3 Å². The summed E-state index contributed by atoms with van der Waals surface area (Å²) < 4.78 is 5.04. The second-order valence-corrected chi connectivity index (χ2v) is 4.26. The van der Waals surface area contributed by atoms with Crippen molar-refractivity contribution >= 4 is 11.6 Å². The van der Waals surface area contributed by atoms with Gasteiger partial charge in [0.15, 0.2) is 0 Å². The van der Waals surface area contributed by atoms with Gasteiger partial charge in [-0.05, 0) is 17.7 Å². The number of benzene rings is 2. The smallest absolute Gasteiger partial charge is 0.245 e. The molecule has 5 heteroatoms. The first-order valence-corrected chi connectivity index (χ1v) is 6.10. The number of nitrogens with one attached hydrogen (secondary N) is 1. The molecule has 0 aliphatic carbocycles. The first kappa shape index (κ1) is 13.9. The van der Waals surface area contributed by atoms with Crippen LogP contribution in [0.3, 0.4) is 0 Å². The van der Waals surface area contributed by atoms with Crippen LogP contribution >= 0.6 is 0 Å². The minimum Gasteiger partial charge on any atom is -0.506 e. The number of carbonyl (C=O) groups excluding carboxylic acids is 1. The molecular weight excluding hydrogens is 256 g/mol. The number of aromatic hydroxyl groups is 1. The summed E-state index contributed by atoms with van der Waals surface area (Å²) in [6.45, 7) is 0. The Morgan fingerprint density at radius 3 is 2.60 bits per heavy atom. The monoisotopic (exact) mass is 272 g/mol. The average molecular weight is 272 g/mol. The minimum atomic E-state index is -0.804. The minimum absolute atomic E-state index is 0.0422. The lowest BCUT2D eigenvalue weighted by molar-refractivity contribution is -0.117. The van der Waals surface area contributed by atoms with Crippen molar-refractivity contribution in [2.75, 3.05) is 12.4 Å². The molecule has 2 rings (SSSR count). The van der Waals surface area contributed by atoms with Crippen molar-refractivity contribution in [2.45, 2.75) is 6.04 Å². The number of hydrogen-bond acceptors (Lipinski definition) is 4. The van der Waals surface area contributed by atoms with E-state index < -0.39 is 11.9 Å². The zero-order valence-corrected chi connectivity index (χ0v) is 11.0. The molecule has 0 unspecified atom stereocenters. The maximum Gasteiger partial charge on any atom is 0.245 e. The van der Waals surface area contributed by atoms with E-state index in [1.54, 1.807) is 18.2 Å². The molecule has 0 bridgehead atoms. The van der Waals surface area contributed by atoms with Crippen LogP contribution in [0.4, 0.5) is 5.69 Å². The Bertz CT molecular complexity index is 599. The number of hydrogen-bond donors (Lipinski definition) is 3. The molecule has 0 saturated carbocycles. The summed E-state index contributed by atoms with van der Waals surface area (Å²) in [4.78, 5) is 12.1. The van der Waals surface area contributed by atoms with Crippen LogP contribution in [-0.4, -0.2) is 18.1 Å². The molecule has 0 fully saturated rings. The van der Waals surface area contributed by atoms with Crippen LogP contribution in [-0.2, 0) is 4.79 Å². The van der Waals surface area contributed by atoms with Gasteiger partial charge < -0.3 is 20.9 Å². The Labute approximate surface area is 117 Å². The topological polar surface area (TPSA) is 84.6 Å². The molecule has 104 valence electrons. The first-order chi connectivity index (χ1) is 9.61. The average Bonchev–Trinajstić information content (AvgIpc) is 2.49. The number of ether oxygens (including phenoxy) is 1. The Hall–Kier alpha value is -2.53. The lowest BCUT2D eigenvalue weighted by atomic mass is 10.1. The standard InChI is InChI=1S/C15H16N2O3/c1-20-11-7-8-13(18)12(9-11)17-15(19)14(16)10-5-3-2-4-6-10/h2-9,14,18H,16H2,1H3,(H,17,19)/t14-/m1/s1. The van der Waals surface area contributed by atoms with Crippen LogP contribution in [0.2, 0.25) is 0 Å². The maximum atomic E-state index is 12.1. The van der Waals surface area contributed by atoms with Crippen LogP contribution in [0, 0.1) is 0 Å². The highest BCUT2D eigenvalue weighted by molar-refractivity contribution is 5.96. The molecule has 0 aliphatic heterocycles. The number of carbonyl (C=O) groups is 1. The molecule has 20 heavy (non-hydrogen) atoms. The van der Waals surface area contributed by atoms with Gasteiger partial charge in [0, 0.05) is 6.07 Å². The molecule has 1 amide bonds. The molecule has 1 atom stereocenters. The first-order valence-electron chi connectivity index (χ1n) is 6.10. The lowest BCUT2D eigenvalue weighted by Gasteiger charge is -2.14. The fourth-order valence-corrected chi connectivity index (χ4v) is 1.76. The van der Waals surface area contributed by atoms with Crippen LogP contribution in [0.15, 0.2) is 48.5 Å². The normalized spacial score (nSPS) is 11.7. The van der Waals surface area contributed by atoms with Gasteiger partial charge >= 0.3 is 0 Å². The van der Waals surface area contributed by atoms with Crippen LogP contribution in [0.25, 0.3) is 0 Å². The van der Waals surface area contributed by atoms with Gasteiger partial charge in [-0.25, -0.2) is 0 Å². The highest BCUT2D eigenvalue weighted by Gasteiger charge is 2.17. The predicted octanol–water partition coefficient (Wildman–Crippen LogP) is 2.04. The van der Waals surface area contributed by atoms with E-state index >= 15 is 0 Å². The Morgan fingerprint density at radius 1 is 1.25 bits per heavy atom. The number of amides is 1. The van der Waals surface area contributed by atoms with E-state index in [1.807, 2.05) is 18.2 Å². The summed E-state index contributed by atoms with van der Waals surface area (Å²) in [5.41, 5.74) is 6.85. The van der Waals surface area contributed by atoms with E-state index in [9.17, 15) is 9.90 Å². The molecule has 0 saturated heterocycles. The fourth-order valence-electron chi connectivity index (χ4n) is 1.76. The largest absolute Gasteiger partial charge is 0.506 e. The number of nitrogens with two attached hydrogens (primary N) is 1. The molecule has 5 nitrogen and oxygen atoms in total. The number of phenolic OH excluding ortho intramolecular Hbond substituents is 1. The third-order valence-electron chi connectivity index (χ3n) is 2.90. The van der Waals surface area contributed by atoms with Crippen molar-refractivity contribution in [1.82, 2.24) is 0 Å². The number of rotatable bonds is 4. The van der Waals surface area contributed by atoms with Crippen molar-refractivity contribution in [2.24, 2.45) is 5.73 Å². The highest BCUT2D eigenvalue weighted by atomic mass is 16.5. The van der Waals surface area contributed by atoms with Crippen LogP contribution < -0.4 is 15.8 Å². The molecule has 2 aromatic rings. The van der Waals surface area contributed by atoms with Crippen molar-refractivity contribution in [3.05, 3.63) is 54.1 Å². The maximum absolute atomic E-state index is 12.1. The molecule has 0 aromatic heterocycles. The van der Waals surface area contributed by atoms with E-state index in [0.29, 0.717) is 11.3 Å². The molecule has 0 radical (unpaired) electrons. The SMILES string of the molecule is COc1ccc(O)c(NC(=O)[C@H](N)c2ccccc2)c1. The van der Waals surface area contributed by atoms with Gasteiger partial charge in [-0.2, -0.15) is 0 Å². The van der Waals surface area contributed by atoms with Crippen molar-refractivity contribution in [1.29, 1.82) is 0 Å². The lowest BCUT2D eigenvalue weighted by Crippen LogP contribution is -2.27. The Kier molecular flexibility index (Phi) is 4.22. The van der Waals surface area contributed by atoms with Gasteiger partial charge in [0.05, 0.1) is 12.8 Å². The molecule has 2 aromatic carbocycles. The molecule has 4 N–H and O–H groups in total. The van der Waals surface area contributed by atoms with Crippen molar-refractivity contribution in [3.8, 4) is 11.5 Å². The summed E-state index contributed by atoms with van der Waals surface area (Å²) >= 11 is 0. The van der Waals surface area contributed by atoms with E-state index in [-0.39, 0.29) is 11.4 Å². The Balaban J connectivity index is 2.15. The zero-order valence-electron chi connectivity index (χ0n) is 11.0. The van der Waals surface area contributed by atoms with Crippen LogP contribution in [0.1, 0.15) is 11.6 Å². The quantitative estimate of drug-likeness (QED) is 0.744. The van der Waals surface area contributed by atoms with E-state index in [4.69, 9.17) is 10.5 Å². The van der Waals surface area contributed by atoms with Crippen molar-refractivity contribution < 1.29 is 14.6 Å². The van der Waals surface area contributed by atoms with Gasteiger partial charge in [-0.3, -0.25) is 4.79 Å². The number of phenols is 1. The summed E-state index contributed by atoms with van der Waals surface area (Å²) in [6, 6.07) is 12.8. The molecule has 0 spiro atoms. The summed E-state index contributed by atoms with van der Waals surface area (Å²) in [5.74, 6) is 0.0885. The van der Waals surface area contributed by atoms with Gasteiger partial charge in [0.1, 0.15) is 17.5 Å². The highest BCUT2D eigenvalue weighted by Crippen LogP contribution is 2.28. The number of methoxy groups -OCH3 is 1. The van der Waals surface area contributed by atoms with Crippen LogP contribution in [0.5, 0.6) is 11.5 Å². The van der Waals surface area contributed by atoms with Gasteiger partial charge in [0.25, 0.3) is 0 Å². The molecule has 0 aliphatic rings. The summed E-state index contributed by atoms with van der Waals surface area (Å²) in [6.07, 6.45) is 0. The molecular formula is C15H16N2O3. The third kappa shape index (κ3) is 3.07. The van der Waals surface area contributed by atoms with Gasteiger partial charge in [0.2, 0.25) is 5.91 Å².